The van der Waals surface area contributed by atoms with Crippen LogP contribution >= 0.6 is 0 Å². The molecule has 216 valence electrons. The van der Waals surface area contributed by atoms with E-state index in [0.29, 0.717) is 18.5 Å². The Hall–Kier alpha value is -4.33. The molecule has 3 unspecified atom stereocenters. The van der Waals surface area contributed by atoms with Gasteiger partial charge in [-0.2, -0.15) is 0 Å². The van der Waals surface area contributed by atoms with E-state index < -0.39 is 17.6 Å². The average Bonchev–Trinajstić information content (AvgIpc) is 3.06. The molecule has 0 radical (unpaired) electrons. The van der Waals surface area contributed by atoms with Crippen molar-refractivity contribution in [1.82, 2.24) is 10.2 Å². The van der Waals surface area contributed by atoms with Crippen LogP contribution in [0.4, 0.5) is 16.2 Å². The van der Waals surface area contributed by atoms with Crippen LogP contribution < -0.4 is 20.9 Å². The van der Waals surface area contributed by atoms with E-state index in [4.69, 9.17) is 5.73 Å². The van der Waals surface area contributed by atoms with Crippen molar-refractivity contribution < 1.29 is 14.4 Å². The predicted molar refractivity (Wildman–Crippen MR) is 164 cm³/mol. The minimum absolute atomic E-state index is 0.0788. The van der Waals surface area contributed by atoms with Crippen molar-refractivity contribution in [3.63, 3.8) is 0 Å². The Morgan fingerprint density at radius 1 is 0.878 bits per heavy atom. The Kier molecular flexibility index (Phi) is 9.01. The number of amides is 4. The highest BCUT2D eigenvalue weighted by atomic mass is 16.2. The molecule has 1 saturated heterocycles. The molecule has 3 N–H and O–H groups in total. The van der Waals surface area contributed by atoms with Gasteiger partial charge in [0.15, 0.2) is 0 Å². The Balaban J connectivity index is 1.86. The van der Waals surface area contributed by atoms with Crippen LogP contribution in [0.1, 0.15) is 56.7 Å². The summed E-state index contributed by atoms with van der Waals surface area (Å²) >= 11 is 0. The third-order valence-corrected chi connectivity index (χ3v) is 7.42. The minimum Gasteiger partial charge on any atom is -0.378 e. The number of likely N-dealkylation sites (tertiary alicyclic amines) is 1. The Labute approximate surface area is 243 Å². The molecule has 0 aromatic heterocycles. The van der Waals surface area contributed by atoms with Crippen LogP contribution in [0, 0.1) is 0 Å². The number of primary amides is 1. The smallest absolute Gasteiger partial charge is 0.320 e. The van der Waals surface area contributed by atoms with Gasteiger partial charge in [0.05, 0.1) is 6.04 Å². The van der Waals surface area contributed by atoms with Gasteiger partial charge in [-0.05, 0) is 68.9 Å². The highest BCUT2D eigenvalue weighted by Gasteiger charge is 2.43. The quantitative estimate of drug-likeness (QED) is 0.425. The SMILES string of the molecule is CN(C)c1cccc(N(C(N)=O)C2CC(c3ccccc3)CC(c3ccccc3)N(CC(=O)NC(C)(C)C)C2=O)c1. The molecule has 8 heteroatoms. The minimum atomic E-state index is -0.911. The summed E-state index contributed by atoms with van der Waals surface area (Å²) in [6.07, 6.45) is 0.947. The molecular formula is C33H41N5O3. The van der Waals surface area contributed by atoms with E-state index in [1.54, 1.807) is 11.0 Å². The van der Waals surface area contributed by atoms with Crippen LogP contribution in [0.2, 0.25) is 0 Å². The highest BCUT2D eigenvalue weighted by molar-refractivity contribution is 6.00. The fraction of sp³-hybridized carbons (Fsp3) is 0.364. The maximum absolute atomic E-state index is 14.6. The molecule has 41 heavy (non-hydrogen) atoms. The van der Waals surface area contributed by atoms with Crippen LogP contribution in [0.25, 0.3) is 0 Å². The Morgan fingerprint density at radius 2 is 1.46 bits per heavy atom. The van der Waals surface area contributed by atoms with Crippen LogP contribution in [-0.2, 0) is 9.59 Å². The number of carbonyl (C=O) groups is 3. The van der Waals surface area contributed by atoms with Crippen LogP contribution in [0.3, 0.4) is 0 Å². The van der Waals surface area contributed by atoms with Crippen LogP contribution in [-0.4, -0.2) is 55.0 Å². The molecule has 0 saturated carbocycles. The summed E-state index contributed by atoms with van der Waals surface area (Å²) in [6.45, 7) is 5.58. The fourth-order valence-electron chi connectivity index (χ4n) is 5.60. The van der Waals surface area contributed by atoms with E-state index in [0.717, 1.165) is 16.8 Å². The van der Waals surface area contributed by atoms with Gasteiger partial charge in [-0.25, -0.2) is 4.79 Å². The number of benzene rings is 3. The van der Waals surface area contributed by atoms with Gasteiger partial charge >= 0.3 is 6.03 Å². The van der Waals surface area contributed by atoms with Crippen molar-refractivity contribution in [3.05, 3.63) is 96.1 Å². The summed E-state index contributed by atoms with van der Waals surface area (Å²) in [5, 5.41) is 3.00. The number of carbonyl (C=O) groups excluding carboxylic acids is 3. The summed E-state index contributed by atoms with van der Waals surface area (Å²) < 4.78 is 0. The van der Waals surface area contributed by atoms with E-state index >= 15 is 0 Å². The summed E-state index contributed by atoms with van der Waals surface area (Å²) in [7, 11) is 3.83. The number of hydrogen-bond donors (Lipinski definition) is 2. The fourth-order valence-corrected chi connectivity index (χ4v) is 5.60. The van der Waals surface area contributed by atoms with Crippen molar-refractivity contribution in [3.8, 4) is 0 Å². The van der Waals surface area contributed by atoms with Crippen molar-refractivity contribution in [2.24, 2.45) is 5.73 Å². The topological polar surface area (TPSA) is 99.0 Å². The molecule has 0 bridgehead atoms. The lowest BCUT2D eigenvalue weighted by atomic mass is 9.86. The third kappa shape index (κ3) is 7.25. The van der Waals surface area contributed by atoms with E-state index in [-0.39, 0.29) is 30.3 Å². The number of hydrogen-bond acceptors (Lipinski definition) is 4. The van der Waals surface area contributed by atoms with Crippen LogP contribution in [0.5, 0.6) is 0 Å². The predicted octanol–water partition coefficient (Wildman–Crippen LogP) is 5.07. The van der Waals surface area contributed by atoms with Gasteiger partial charge in [0.25, 0.3) is 0 Å². The first kappa shape index (κ1) is 29.6. The summed E-state index contributed by atoms with van der Waals surface area (Å²) in [6, 6.07) is 25.2. The first-order valence-electron chi connectivity index (χ1n) is 14.0. The monoisotopic (exact) mass is 555 g/mol. The zero-order valence-corrected chi connectivity index (χ0v) is 24.6. The molecule has 1 heterocycles. The van der Waals surface area contributed by atoms with Crippen molar-refractivity contribution in [1.29, 1.82) is 0 Å². The van der Waals surface area contributed by atoms with Crippen molar-refractivity contribution in [2.75, 3.05) is 30.4 Å². The molecule has 0 spiro atoms. The molecular weight excluding hydrogens is 514 g/mol. The second-order valence-corrected chi connectivity index (χ2v) is 11.9. The lowest BCUT2D eigenvalue weighted by Crippen LogP contribution is -2.55. The van der Waals surface area contributed by atoms with Gasteiger partial charge in [-0.15, -0.1) is 0 Å². The van der Waals surface area contributed by atoms with Gasteiger partial charge in [-0.3, -0.25) is 14.5 Å². The first-order valence-corrected chi connectivity index (χ1v) is 14.0. The molecule has 4 rings (SSSR count). The molecule has 4 amide bonds. The van der Waals surface area contributed by atoms with E-state index in [2.05, 4.69) is 17.4 Å². The maximum atomic E-state index is 14.6. The standard InChI is InChI=1S/C33H41N5O3/c1-33(2,3)35-30(39)22-37-28(24-15-10-7-11-16-24)19-25(23-13-8-6-9-14-23)20-29(31(37)40)38(32(34)41)27-18-12-17-26(21-27)36(4)5/h6-18,21,25,28-29H,19-20,22H2,1-5H3,(H2,34,41)(H,35,39). The van der Waals surface area contributed by atoms with Crippen molar-refractivity contribution >= 4 is 29.2 Å². The molecule has 1 aliphatic heterocycles. The summed E-state index contributed by atoms with van der Waals surface area (Å²) in [5.74, 6) is -0.649. The largest absolute Gasteiger partial charge is 0.378 e. The average molecular weight is 556 g/mol. The molecule has 8 nitrogen and oxygen atoms in total. The molecule has 1 fully saturated rings. The van der Waals surface area contributed by atoms with E-state index in [1.165, 1.54) is 4.90 Å². The molecule has 3 aromatic rings. The van der Waals surface area contributed by atoms with E-state index in [9.17, 15) is 14.4 Å². The second-order valence-electron chi connectivity index (χ2n) is 11.9. The molecule has 3 aromatic carbocycles. The number of rotatable bonds is 7. The second kappa shape index (κ2) is 12.5. The zero-order chi connectivity index (χ0) is 29.7. The first-order chi connectivity index (χ1) is 19.4. The summed E-state index contributed by atoms with van der Waals surface area (Å²) in [4.78, 5) is 46.0. The number of nitrogens with zero attached hydrogens (tertiary/aromatic N) is 3. The summed E-state index contributed by atoms with van der Waals surface area (Å²) in [5.41, 5.74) is 8.97. The van der Waals surface area contributed by atoms with E-state index in [1.807, 2.05) is 106 Å². The Bertz CT molecular complexity index is 1350. The number of nitrogens with two attached hydrogens (primary N) is 1. The number of nitrogens with one attached hydrogen (secondary N) is 1. The van der Waals surface area contributed by atoms with Crippen molar-refractivity contribution in [2.45, 2.75) is 57.2 Å². The number of anilines is 2. The van der Waals surface area contributed by atoms with Gasteiger partial charge in [-0.1, -0.05) is 66.7 Å². The maximum Gasteiger partial charge on any atom is 0.320 e. The zero-order valence-electron chi connectivity index (χ0n) is 24.6. The molecule has 1 aliphatic rings. The van der Waals surface area contributed by atoms with Gasteiger partial charge in [0.1, 0.15) is 12.6 Å². The third-order valence-electron chi connectivity index (χ3n) is 7.42. The normalized spacial score (nSPS) is 19.3. The van der Waals surface area contributed by atoms with Gasteiger partial charge in [0.2, 0.25) is 11.8 Å². The van der Waals surface area contributed by atoms with Crippen LogP contribution in [0.15, 0.2) is 84.9 Å². The lowest BCUT2D eigenvalue weighted by molar-refractivity contribution is -0.139. The van der Waals surface area contributed by atoms with Gasteiger partial charge < -0.3 is 20.9 Å². The molecule has 3 atom stereocenters. The van der Waals surface area contributed by atoms with Gasteiger partial charge in [0, 0.05) is 31.0 Å². The Morgan fingerprint density at radius 3 is 2.02 bits per heavy atom. The highest BCUT2D eigenvalue weighted by Crippen LogP contribution is 2.41. The lowest BCUT2D eigenvalue weighted by Gasteiger charge is -2.35. The number of urea groups is 1. The molecule has 0 aliphatic carbocycles.